The number of nitrogens with one attached hydrogen (secondary N) is 1. The molecule has 0 bridgehead atoms. The van der Waals surface area contributed by atoms with Crippen LogP contribution in [0.25, 0.3) is 0 Å². The minimum absolute atomic E-state index is 0.0711. The van der Waals surface area contributed by atoms with E-state index >= 15 is 0 Å². The molecule has 22 heavy (non-hydrogen) atoms. The fraction of sp³-hybridized carbons (Fsp3) is 0.438. The highest BCUT2D eigenvalue weighted by Crippen LogP contribution is 2.07. The summed E-state index contributed by atoms with van der Waals surface area (Å²) in [5, 5.41) is 11.6. The third kappa shape index (κ3) is 6.27. The summed E-state index contributed by atoms with van der Waals surface area (Å²) in [6, 6.07) is 1.67. The molecule has 0 aliphatic carbocycles. The molecule has 2 N–H and O–H groups in total. The van der Waals surface area contributed by atoms with E-state index in [-0.39, 0.29) is 5.69 Å². The molecule has 0 aromatic carbocycles. The number of carboxylic acids is 1. The summed E-state index contributed by atoms with van der Waals surface area (Å²) in [6.45, 7) is 7.48. The number of rotatable bonds is 3. The van der Waals surface area contributed by atoms with Crippen molar-refractivity contribution in [3.05, 3.63) is 29.1 Å². The van der Waals surface area contributed by atoms with E-state index < -0.39 is 17.7 Å². The first-order chi connectivity index (χ1) is 10.2. The Morgan fingerprint density at radius 2 is 2.09 bits per heavy atom. The lowest BCUT2D eigenvalue weighted by molar-refractivity contribution is 0.0528. The van der Waals surface area contributed by atoms with Gasteiger partial charge in [0.25, 0.3) is 0 Å². The highest BCUT2D eigenvalue weighted by molar-refractivity contribution is 5.88. The first kappa shape index (κ1) is 17.5. The van der Waals surface area contributed by atoms with Crippen molar-refractivity contribution in [2.45, 2.75) is 39.7 Å². The standard InChI is InChI=1S/C16H20N2O4/c1-11-9-12(13(14(19)20)18-10-11)7-5-6-8-17-15(21)22-16(2,3)4/h9-10H,6,8H2,1-4H3,(H,17,21)(H,19,20). The summed E-state index contributed by atoms with van der Waals surface area (Å²) in [7, 11) is 0. The van der Waals surface area contributed by atoms with Crippen molar-refractivity contribution in [2.75, 3.05) is 6.54 Å². The van der Waals surface area contributed by atoms with Crippen LogP contribution in [0.4, 0.5) is 4.79 Å². The molecule has 1 aromatic heterocycles. The quantitative estimate of drug-likeness (QED) is 0.661. The van der Waals surface area contributed by atoms with Crippen LogP contribution < -0.4 is 5.32 Å². The number of aromatic nitrogens is 1. The van der Waals surface area contributed by atoms with Gasteiger partial charge in [0.05, 0.1) is 5.56 Å². The van der Waals surface area contributed by atoms with Gasteiger partial charge in [-0.25, -0.2) is 14.6 Å². The van der Waals surface area contributed by atoms with Crippen LogP contribution in [-0.2, 0) is 4.74 Å². The molecule has 1 heterocycles. The van der Waals surface area contributed by atoms with Crippen molar-refractivity contribution < 1.29 is 19.4 Å². The van der Waals surface area contributed by atoms with Crippen LogP contribution in [0, 0.1) is 18.8 Å². The lowest BCUT2D eigenvalue weighted by Crippen LogP contribution is -2.32. The number of amides is 1. The van der Waals surface area contributed by atoms with E-state index in [9.17, 15) is 9.59 Å². The summed E-state index contributed by atoms with van der Waals surface area (Å²) in [6.07, 6.45) is 1.36. The number of carbonyl (C=O) groups excluding carboxylic acids is 1. The zero-order chi connectivity index (χ0) is 16.8. The minimum Gasteiger partial charge on any atom is -0.476 e. The number of pyridine rings is 1. The van der Waals surface area contributed by atoms with Gasteiger partial charge < -0.3 is 15.2 Å². The smallest absolute Gasteiger partial charge is 0.407 e. The summed E-state index contributed by atoms with van der Waals surface area (Å²) in [5.41, 5.74) is 0.587. The van der Waals surface area contributed by atoms with Crippen LogP contribution in [0.5, 0.6) is 0 Å². The molecule has 0 radical (unpaired) electrons. The Kier molecular flexibility index (Phi) is 5.93. The second kappa shape index (κ2) is 7.46. The molecule has 1 aromatic rings. The number of alkyl carbamates (subject to hydrolysis) is 1. The number of aryl methyl sites for hydroxylation is 1. The Morgan fingerprint density at radius 3 is 2.68 bits per heavy atom. The SMILES string of the molecule is Cc1cnc(C(=O)O)c(C#CCCNC(=O)OC(C)(C)C)c1. The number of ether oxygens (including phenoxy) is 1. The highest BCUT2D eigenvalue weighted by atomic mass is 16.6. The molecule has 0 spiro atoms. The first-order valence-electron chi connectivity index (χ1n) is 6.85. The van der Waals surface area contributed by atoms with Gasteiger partial charge in [-0.3, -0.25) is 0 Å². The average Bonchev–Trinajstić information content (AvgIpc) is 2.35. The summed E-state index contributed by atoms with van der Waals surface area (Å²) >= 11 is 0. The van der Waals surface area contributed by atoms with Gasteiger partial charge in [-0.15, -0.1) is 0 Å². The average molecular weight is 304 g/mol. The van der Waals surface area contributed by atoms with Gasteiger partial charge in [-0.1, -0.05) is 11.8 Å². The zero-order valence-corrected chi connectivity index (χ0v) is 13.2. The maximum absolute atomic E-state index is 11.4. The zero-order valence-electron chi connectivity index (χ0n) is 13.2. The van der Waals surface area contributed by atoms with E-state index in [4.69, 9.17) is 9.84 Å². The number of hydrogen-bond acceptors (Lipinski definition) is 4. The van der Waals surface area contributed by atoms with Crippen LogP contribution in [0.1, 0.15) is 48.8 Å². The van der Waals surface area contributed by atoms with Crippen molar-refractivity contribution in [3.8, 4) is 11.8 Å². The van der Waals surface area contributed by atoms with Gasteiger partial charge in [-0.2, -0.15) is 0 Å². The Balaban J connectivity index is 2.57. The normalized spacial score (nSPS) is 10.4. The minimum atomic E-state index is -1.11. The molecule has 6 heteroatoms. The third-order valence-corrected chi connectivity index (χ3v) is 2.37. The van der Waals surface area contributed by atoms with Crippen molar-refractivity contribution in [3.63, 3.8) is 0 Å². The van der Waals surface area contributed by atoms with Gasteiger partial charge >= 0.3 is 12.1 Å². The summed E-state index contributed by atoms with van der Waals surface area (Å²) in [4.78, 5) is 26.3. The van der Waals surface area contributed by atoms with Crippen LogP contribution >= 0.6 is 0 Å². The van der Waals surface area contributed by atoms with Crippen molar-refractivity contribution in [1.29, 1.82) is 0 Å². The molecule has 0 aliphatic heterocycles. The molecule has 0 fully saturated rings. The number of carboxylic acid groups (broad SMARTS) is 1. The van der Waals surface area contributed by atoms with E-state index in [1.807, 2.05) is 6.92 Å². The lowest BCUT2D eigenvalue weighted by Gasteiger charge is -2.19. The molecule has 0 atom stereocenters. The lowest BCUT2D eigenvalue weighted by atomic mass is 10.1. The molecule has 0 saturated heterocycles. The molecular formula is C16H20N2O4. The maximum atomic E-state index is 11.4. The van der Waals surface area contributed by atoms with Crippen molar-refractivity contribution >= 4 is 12.1 Å². The first-order valence-corrected chi connectivity index (χ1v) is 6.85. The van der Waals surface area contributed by atoms with Gasteiger partial charge in [0.2, 0.25) is 0 Å². The van der Waals surface area contributed by atoms with Gasteiger partial charge in [0, 0.05) is 19.2 Å². The Bertz CT molecular complexity index is 621. The van der Waals surface area contributed by atoms with Gasteiger partial charge in [0.15, 0.2) is 5.69 Å². The maximum Gasteiger partial charge on any atom is 0.407 e. The Labute approximate surface area is 129 Å². The molecule has 1 rings (SSSR count). The third-order valence-electron chi connectivity index (χ3n) is 2.37. The predicted octanol–water partition coefficient (Wildman–Crippen LogP) is 2.35. The molecule has 0 saturated carbocycles. The fourth-order valence-corrected chi connectivity index (χ4v) is 1.53. The molecular weight excluding hydrogens is 284 g/mol. The van der Waals surface area contributed by atoms with E-state index in [0.29, 0.717) is 18.5 Å². The Hall–Kier alpha value is -2.55. The second-order valence-corrected chi connectivity index (χ2v) is 5.69. The molecule has 1 amide bonds. The van der Waals surface area contributed by atoms with E-state index in [1.165, 1.54) is 6.20 Å². The largest absolute Gasteiger partial charge is 0.476 e. The molecule has 0 unspecified atom stereocenters. The van der Waals surface area contributed by atoms with Crippen LogP contribution in [0.15, 0.2) is 12.3 Å². The summed E-state index contributed by atoms with van der Waals surface area (Å²) < 4.78 is 5.08. The van der Waals surface area contributed by atoms with E-state index in [2.05, 4.69) is 22.1 Å². The van der Waals surface area contributed by atoms with Crippen molar-refractivity contribution in [1.82, 2.24) is 10.3 Å². The second-order valence-electron chi connectivity index (χ2n) is 5.69. The number of hydrogen-bond donors (Lipinski definition) is 2. The van der Waals surface area contributed by atoms with E-state index in [0.717, 1.165) is 5.56 Å². The topological polar surface area (TPSA) is 88.5 Å². The Morgan fingerprint density at radius 1 is 1.41 bits per heavy atom. The van der Waals surface area contributed by atoms with Crippen LogP contribution in [-0.4, -0.2) is 34.3 Å². The van der Waals surface area contributed by atoms with Gasteiger partial charge in [-0.05, 0) is 39.3 Å². The molecule has 0 aliphatic rings. The van der Waals surface area contributed by atoms with Crippen molar-refractivity contribution in [2.24, 2.45) is 0 Å². The number of nitrogens with zero attached hydrogens (tertiary/aromatic N) is 1. The van der Waals surface area contributed by atoms with E-state index in [1.54, 1.807) is 26.8 Å². The number of carbonyl (C=O) groups is 2. The monoisotopic (exact) mass is 304 g/mol. The number of aromatic carboxylic acids is 1. The van der Waals surface area contributed by atoms with Crippen LogP contribution in [0.2, 0.25) is 0 Å². The highest BCUT2D eigenvalue weighted by Gasteiger charge is 2.15. The van der Waals surface area contributed by atoms with Crippen LogP contribution in [0.3, 0.4) is 0 Å². The summed E-state index contributed by atoms with van der Waals surface area (Å²) in [5.74, 6) is 4.48. The van der Waals surface area contributed by atoms with Gasteiger partial charge in [0.1, 0.15) is 5.60 Å². The molecule has 6 nitrogen and oxygen atoms in total. The predicted molar refractivity (Wildman–Crippen MR) is 81.7 cm³/mol. The molecule has 118 valence electrons. The fourth-order valence-electron chi connectivity index (χ4n) is 1.53.